The second kappa shape index (κ2) is 6.23. The molecule has 0 amide bonds. The number of anilines is 1. The highest BCUT2D eigenvalue weighted by Crippen LogP contribution is 2.34. The second-order valence-corrected chi connectivity index (χ2v) is 6.39. The Morgan fingerprint density at radius 1 is 0.909 bits per heavy atom. The van der Waals surface area contributed by atoms with E-state index in [0.29, 0.717) is 0 Å². The predicted octanol–water partition coefficient (Wildman–Crippen LogP) is 5.10. The first-order valence-corrected chi connectivity index (χ1v) is 7.89. The summed E-state index contributed by atoms with van der Waals surface area (Å²) in [6.07, 6.45) is 8.85. The molecule has 0 aliphatic carbocycles. The Bertz CT molecular complexity index is 680. The molecule has 0 fully saturated rings. The highest BCUT2D eigenvalue weighted by atomic mass is 15.1. The summed E-state index contributed by atoms with van der Waals surface area (Å²) in [7, 11) is 0. The van der Waals surface area contributed by atoms with Crippen LogP contribution in [0.3, 0.4) is 0 Å². The number of benzene rings is 2. The first kappa shape index (κ1) is 14.6. The third-order valence-corrected chi connectivity index (χ3v) is 4.24. The van der Waals surface area contributed by atoms with Crippen molar-refractivity contribution in [2.75, 3.05) is 11.4 Å². The van der Waals surface area contributed by atoms with Gasteiger partial charge >= 0.3 is 0 Å². The smallest absolute Gasteiger partial charge is 0.0433 e. The van der Waals surface area contributed by atoms with Crippen LogP contribution in [0, 0.1) is 0 Å². The lowest BCUT2D eigenvalue weighted by Crippen LogP contribution is -2.26. The molecule has 1 heteroatoms. The Labute approximate surface area is 133 Å². The zero-order valence-electron chi connectivity index (χ0n) is 13.4. The van der Waals surface area contributed by atoms with Crippen LogP contribution >= 0.6 is 0 Å². The molecule has 1 heterocycles. The summed E-state index contributed by atoms with van der Waals surface area (Å²) in [6, 6.07) is 19.5. The van der Waals surface area contributed by atoms with Gasteiger partial charge in [0.05, 0.1) is 0 Å². The molecular weight excluding hydrogens is 266 g/mol. The quantitative estimate of drug-likeness (QED) is 0.743. The first-order chi connectivity index (χ1) is 10.7. The van der Waals surface area contributed by atoms with Crippen LogP contribution in [0.4, 0.5) is 5.69 Å². The van der Waals surface area contributed by atoms with Crippen LogP contribution in [0.5, 0.6) is 0 Å². The molecule has 2 aromatic carbocycles. The van der Waals surface area contributed by atoms with E-state index in [0.717, 1.165) is 13.1 Å². The third kappa shape index (κ3) is 3.14. The summed E-state index contributed by atoms with van der Waals surface area (Å²) in [6.45, 7) is 6.41. The van der Waals surface area contributed by atoms with E-state index in [9.17, 15) is 0 Å². The van der Waals surface area contributed by atoms with E-state index >= 15 is 0 Å². The van der Waals surface area contributed by atoms with Gasteiger partial charge in [0.2, 0.25) is 0 Å². The van der Waals surface area contributed by atoms with E-state index in [2.05, 4.69) is 97.6 Å². The molecule has 1 nitrogen and oxygen atoms in total. The molecule has 0 saturated carbocycles. The zero-order valence-corrected chi connectivity index (χ0v) is 13.4. The van der Waals surface area contributed by atoms with E-state index in [1.54, 1.807) is 0 Å². The Morgan fingerprint density at radius 2 is 1.64 bits per heavy atom. The molecule has 0 saturated heterocycles. The van der Waals surface area contributed by atoms with Crippen LogP contribution in [0.25, 0.3) is 0 Å². The fourth-order valence-electron chi connectivity index (χ4n) is 3.00. The normalized spacial score (nSPS) is 19.5. The monoisotopic (exact) mass is 289 g/mol. The average molecular weight is 289 g/mol. The van der Waals surface area contributed by atoms with Crippen LogP contribution in [0.15, 0.2) is 78.9 Å². The minimum Gasteiger partial charge on any atom is -0.363 e. The summed E-state index contributed by atoms with van der Waals surface area (Å²) in [5.74, 6) is 0. The van der Waals surface area contributed by atoms with Gasteiger partial charge in [0, 0.05) is 24.2 Å². The van der Waals surface area contributed by atoms with Crippen molar-refractivity contribution in [3.8, 4) is 0 Å². The lowest BCUT2D eigenvalue weighted by atomic mass is 9.83. The van der Waals surface area contributed by atoms with Gasteiger partial charge in [-0.05, 0) is 17.2 Å². The summed E-state index contributed by atoms with van der Waals surface area (Å²) in [4.78, 5) is 2.45. The zero-order chi connectivity index (χ0) is 15.4. The minimum absolute atomic E-state index is 0.0280. The summed E-state index contributed by atoms with van der Waals surface area (Å²) < 4.78 is 0. The number of hydrogen-bond acceptors (Lipinski definition) is 1. The topological polar surface area (TPSA) is 3.24 Å². The first-order valence-electron chi connectivity index (χ1n) is 7.89. The maximum atomic E-state index is 2.45. The molecule has 0 atom stereocenters. The van der Waals surface area contributed by atoms with Crippen molar-refractivity contribution in [3.63, 3.8) is 0 Å². The minimum atomic E-state index is 0.0280. The van der Waals surface area contributed by atoms with Crippen LogP contribution in [0.2, 0.25) is 0 Å². The van der Waals surface area contributed by atoms with Gasteiger partial charge in [-0.15, -0.1) is 0 Å². The number of allylic oxidation sites excluding steroid dienone is 3. The second-order valence-electron chi connectivity index (χ2n) is 6.39. The van der Waals surface area contributed by atoms with E-state index in [1.807, 2.05) is 0 Å². The SMILES string of the molecule is CC1(C)/C=C\C=C/CN(Cc2ccccc2)c2ccccc21. The van der Waals surface area contributed by atoms with Crippen LogP contribution in [-0.2, 0) is 12.0 Å². The van der Waals surface area contributed by atoms with Gasteiger partial charge in [0.1, 0.15) is 0 Å². The fourth-order valence-corrected chi connectivity index (χ4v) is 3.00. The largest absolute Gasteiger partial charge is 0.363 e. The molecule has 0 bridgehead atoms. The summed E-state index contributed by atoms with van der Waals surface area (Å²) >= 11 is 0. The third-order valence-electron chi connectivity index (χ3n) is 4.24. The van der Waals surface area contributed by atoms with Crippen molar-refractivity contribution in [2.45, 2.75) is 25.8 Å². The fraction of sp³-hybridized carbons (Fsp3) is 0.238. The standard InChI is InChI=1S/C21H23N/c1-21(2)15-9-4-10-16-22(17-18-11-5-3-6-12-18)20-14-8-7-13-19(20)21/h3-15H,16-17H2,1-2H3/b10-4-,15-9-. The van der Waals surface area contributed by atoms with Crippen molar-refractivity contribution in [1.29, 1.82) is 0 Å². The van der Waals surface area contributed by atoms with Crippen molar-refractivity contribution >= 4 is 5.69 Å². The van der Waals surface area contributed by atoms with Gasteiger partial charge in [0.25, 0.3) is 0 Å². The van der Waals surface area contributed by atoms with Crippen LogP contribution < -0.4 is 4.90 Å². The number of rotatable bonds is 2. The molecule has 1 aliphatic heterocycles. The highest BCUT2D eigenvalue weighted by Gasteiger charge is 2.23. The molecule has 0 unspecified atom stereocenters. The molecule has 2 aromatic rings. The number of hydrogen-bond donors (Lipinski definition) is 0. The molecule has 0 aromatic heterocycles. The molecule has 112 valence electrons. The molecule has 0 radical (unpaired) electrons. The van der Waals surface area contributed by atoms with Gasteiger partial charge in [-0.3, -0.25) is 0 Å². The van der Waals surface area contributed by atoms with Crippen LogP contribution in [0.1, 0.15) is 25.0 Å². The average Bonchev–Trinajstić information content (AvgIpc) is 2.59. The lowest BCUT2D eigenvalue weighted by Gasteiger charge is -2.31. The van der Waals surface area contributed by atoms with E-state index < -0.39 is 0 Å². The number of fused-ring (bicyclic) bond motifs is 1. The maximum Gasteiger partial charge on any atom is 0.0433 e. The summed E-state index contributed by atoms with van der Waals surface area (Å²) in [5.41, 5.74) is 4.08. The van der Waals surface area contributed by atoms with Gasteiger partial charge in [-0.2, -0.15) is 0 Å². The number of nitrogens with zero attached hydrogens (tertiary/aromatic N) is 1. The number of para-hydroxylation sites is 1. The lowest BCUT2D eigenvalue weighted by molar-refractivity contribution is 0.665. The van der Waals surface area contributed by atoms with Crippen LogP contribution in [-0.4, -0.2) is 6.54 Å². The van der Waals surface area contributed by atoms with Crippen molar-refractivity contribution in [2.24, 2.45) is 0 Å². The Balaban J connectivity index is 2.03. The van der Waals surface area contributed by atoms with E-state index in [4.69, 9.17) is 0 Å². The predicted molar refractivity (Wildman–Crippen MR) is 95.2 cm³/mol. The van der Waals surface area contributed by atoms with Gasteiger partial charge in [-0.1, -0.05) is 86.7 Å². The Morgan fingerprint density at radius 3 is 2.45 bits per heavy atom. The van der Waals surface area contributed by atoms with E-state index in [1.165, 1.54) is 16.8 Å². The highest BCUT2D eigenvalue weighted by molar-refractivity contribution is 5.59. The maximum absolute atomic E-state index is 2.45. The molecular formula is C21H23N. The van der Waals surface area contributed by atoms with E-state index in [-0.39, 0.29) is 5.41 Å². The van der Waals surface area contributed by atoms with Crippen molar-refractivity contribution in [1.82, 2.24) is 0 Å². The van der Waals surface area contributed by atoms with Gasteiger partial charge < -0.3 is 4.90 Å². The molecule has 22 heavy (non-hydrogen) atoms. The summed E-state index contributed by atoms with van der Waals surface area (Å²) in [5, 5.41) is 0. The Kier molecular flexibility index (Phi) is 4.15. The van der Waals surface area contributed by atoms with Gasteiger partial charge in [0.15, 0.2) is 0 Å². The molecule has 3 rings (SSSR count). The van der Waals surface area contributed by atoms with Crippen molar-refractivity contribution in [3.05, 3.63) is 90.0 Å². The molecule has 1 aliphatic rings. The van der Waals surface area contributed by atoms with Crippen molar-refractivity contribution < 1.29 is 0 Å². The van der Waals surface area contributed by atoms with Gasteiger partial charge in [-0.25, -0.2) is 0 Å². The molecule has 0 spiro atoms. The Hall–Kier alpha value is -2.28. The molecule has 0 N–H and O–H groups in total.